The summed E-state index contributed by atoms with van der Waals surface area (Å²) in [6, 6.07) is 9.40. The minimum Gasteiger partial charge on any atom is -0.310 e. The molecule has 0 saturated carbocycles. The van der Waals surface area contributed by atoms with Gasteiger partial charge in [-0.05, 0) is 11.1 Å². The topological polar surface area (TPSA) is 15.3 Å². The summed E-state index contributed by atoms with van der Waals surface area (Å²) in [5.41, 5.74) is 2.92. The molecule has 2 nitrogen and oxygen atoms in total. The highest BCUT2D eigenvalue weighted by molar-refractivity contribution is 8.00. The van der Waals surface area contributed by atoms with Gasteiger partial charge >= 0.3 is 0 Å². The zero-order chi connectivity index (χ0) is 14.5. The first-order chi connectivity index (χ1) is 9.54. The second-order valence-corrected chi connectivity index (χ2v) is 8.14. The Bertz CT molecular complexity index is 409. The van der Waals surface area contributed by atoms with E-state index in [-0.39, 0.29) is 0 Å². The van der Waals surface area contributed by atoms with Crippen LogP contribution in [0.5, 0.6) is 0 Å². The van der Waals surface area contributed by atoms with E-state index in [1.807, 2.05) is 0 Å². The lowest BCUT2D eigenvalue weighted by Gasteiger charge is -2.35. The number of benzene rings is 1. The number of hydrogen-bond donors (Lipinski definition) is 1. The third-order valence-electron chi connectivity index (χ3n) is 3.71. The van der Waals surface area contributed by atoms with Crippen LogP contribution < -0.4 is 5.32 Å². The molecular weight excluding hydrogens is 264 g/mol. The molecule has 0 radical (unpaired) electrons. The molecular formula is C17H28N2S. The smallest absolute Gasteiger partial charge is 0.0237 e. The Hall–Kier alpha value is -0.510. The lowest BCUT2D eigenvalue weighted by atomic mass is 10.1. The monoisotopic (exact) mass is 292 g/mol. The van der Waals surface area contributed by atoms with Crippen molar-refractivity contribution in [3.8, 4) is 0 Å². The molecule has 0 aromatic heterocycles. The standard InChI is InChI=1S/C17H28N2S/c1-13(2)18-9-16-7-5-6-8-17(16)12-19-10-14(3)20-15(4)11-19/h5-8,13-15,18H,9-12H2,1-4H3. The Morgan fingerprint density at radius 2 is 1.75 bits per heavy atom. The van der Waals surface area contributed by atoms with E-state index in [1.165, 1.54) is 24.2 Å². The summed E-state index contributed by atoms with van der Waals surface area (Å²) in [4.78, 5) is 2.61. The lowest BCUT2D eigenvalue weighted by molar-refractivity contribution is 0.262. The number of nitrogens with zero attached hydrogens (tertiary/aromatic N) is 1. The summed E-state index contributed by atoms with van der Waals surface area (Å²) in [5.74, 6) is 0. The first-order valence-electron chi connectivity index (χ1n) is 7.72. The van der Waals surface area contributed by atoms with Crippen LogP contribution in [0.2, 0.25) is 0 Å². The Morgan fingerprint density at radius 3 is 2.35 bits per heavy atom. The van der Waals surface area contributed by atoms with Gasteiger partial charge in [-0.1, -0.05) is 52.0 Å². The van der Waals surface area contributed by atoms with Gasteiger partial charge in [-0.3, -0.25) is 4.90 Å². The van der Waals surface area contributed by atoms with Crippen LogP contribution in [0.3, 0.4) is 0 Å². The average Bonchev–Trinajstić information content (AvgIpc) is 2.36. The Morgan fingerprint density at radius 1 is 1.15 bits per heavy atom. The van der Waals surface area contributed by atoms with Crippen LogP contribution in [-0.2, 0) is 13.1 Å². The Kier molecular flexibility index (Phi) is 5.94. The second kappa shape index (κ2) is 7.48. The first kappa shape index (κ1) is 15.9. The van der Waals surface area contributed by atoms with Crippen LogP contribution >= 0.6 is 11.8 Å². The molecule has 0 aliphatic carbocycles. The SMILES string of the molecule is CC(C)NCc1ccccc1CN1CC(C)SC(C)C1. The third kappa shape index (κ3) is 4.80. The maximum atomic E-state index is 3.53. The van der Waals surface area contributed by atoms with Gasteiger partial charge in [-0.2, -0.15) is 11.8 Å². The predicted octanol–water partition coefficient (Wildman–Crippen LogP) is 3.51. The largest absolute Gasteiger partial charge is 0.310 e. The van der Waals surface area contributed by atoms with Gasteiger partial charge in [0.05, 0.1) is 0 Å². The highest BCUT2D eigenvalue weighted by Crippen LogP contribution is 2.26. The lowest BCUT2D eigenvalue weighted by Crippen LogP contribution is -2.40. The van der Waals surface area contributed by atoms with Crippen molar-refractivity contribution in [1.29, 1.82) is 0 Å². The molecule has 1 saturated heterocycles. The van der Waals surface area contributed by atoms with Crippen molar-refractivity contribution in [2.45, 2.75) is 57.3 Å². The molecule has 1 fully saturated rings. The minimum atomic E-state index is 0.537. The zero-order valence-corrected chi connectivity index (χ0v) is 14.0. The highest BCUT2D eigenvalue weighted by atomic mass is 32.2. The van der Waals surface area contributed by atoms with Crippen LogP contribution in [0.1, 0.15) is 38.8 Å². The maximum Gasteiger partial charge on any atom is 0.0237 e. The predicted molar refractivity (Wildman–Crippen MR) is 90.2 cm³/mol. The zero-order valence-electron chi connectivity index (χ0n) is 13.2. The van der Waals surface area contributed by atoms with Crippen molar-refractivity contribution in [2.24, 2.45) is 0 Å². The molecule has 2 atom stereocenters. The molecule has 1 aromatic rings. The Balaban J connectivity index is 2.01. The summed E-state index contributed by atoms with van der Waals surface area (Å²) >= 11 is 2.12. The molecule has 1 aromatic carbocycles. The first-order valence-corrected chi connectivity index (χ1v) is 8.67. The fourth-order valence-corrected chi connectivity index (χ4v) is 4.24. The molecule has 2 unspecified atom stereocenters. The van der Waals surface area contributed by atoms with Gasteiger partial charge in [0.1, 0.15) is 0 Å². The molecule has 112 valence electrons. The molecule has 1 N–H and O–H groups in total. The number of thioether (sulfide) groups is 1. The normalized spacial score (nSPS) is 24.2. The summed E-state index contributed by atoms with van der Waals surface area (Å²) < 4.78 is 0. The van der Waals surface area contributed by atoms with Crippen LogP contribution in [-0.4, -0.2) is 34.5 Å². The minimum absolute atomic E-state index is 0.537. The molecule has 20 heavy (non-hydrogen) atoms. The summed E-state index contributed by atoms with van der Waals surface area (Å²) in [7, 11) is 0. The van der Waals surface area contributed by atoms with Crippen molar-refractivity contribution in [3.63, 3.8) is 0 Å². The van der Waals surface area contributed by atoms with Crippen molar-refractivity contribution in [3.05, 3.63) is 35.4 Å². The fourth-order valence-electron chi connectivity index (χ4n) is 2.85. The van der Waals surface area contributed by atoms with E-state index < -0.39 is 0 Å². The Labute approximate surface area is 128 Å². The van der Waals surface area contributed by atoms with Crippen molar-refractivity contribution < 1.29 is 0 Å². The van der Waals surface area contributed by atoms with E-state index in [9.17, 15) is 0 Å². The second-order valence-electron chi connectivity index (χ2n) is 6.26. The number of nitrogens with one attached hydrogen (secondary N) is 1. The van der Waals surface area contributed by atoms with E-state index in [1.54, 1.807) is 0 Å². The quantitative estimate of drug-likeness (QED) is 0.894. The van der Waals surface area contributed by atoms with E-state index in [2.05, 4.69) is 73.9 Å². The van der Waals surface area contributed by atoms with Crippen LogP contribution in [0.15, 0.2) is 24.3 Å². The molecule has 0 spiro atoms. The van der Waals surface area contributed by atoms with Gasteiger partial charge in [-0.25, -0.2) is 0 Å². The van der Waals surface area contributed by atoms with E-state index in [0.29, 0.717) is 6.04 Å². The molecule has 1 heterocycles. The van der Waals surface area contributed by atoms with Crippen molar-refractivity contribution in [2.75, 3.05) is 13.1 Å². The molecule has 0 amide bonds. The van der Waals surface area contributed by atoms with Gasteiger partial charge in [0.25, 0.3) is 0 Å². The summed E-state index contributed by atoms with van der Waals surface area (Å²) in [6.45, 7) is 13.6. The van der Waals surface area contributed by atoms with Gasteiger partial charge in [0.2, 0.25) is 0 Å². The fraction of sp³-hybridized carbons (Fsp3) is 0.647. The third-order valence-corrected chi connectivity index (χ3v) is 4.94. The van der Waals surface area contributed by atoms with Gasteiger partial charge < -0.3 is 5.32 Å². The molecule has 1 aliphatic heterocycles. The molecule has 0 bridgehead atoms. The van der Waals surface area contributed by atoms with Crippen LogP contribution in [0.25, 0.3) is 0 Å². The van der Waals surface area contributed by atoms with Crippen molar-refractivity contribution >= 4 is 11.8 Å². The van der Waals surface area contributed by atoms with Gasteiger partial charge in [0.15, 0.2) is 0 Å². The maximum absolute atomic E-state index is 3.53. The molecule has 1 aliphatic rings. The average molecular weight is 292 g/mol. The molecule has 3 heteroatoms. The van der Waals surface area contributed by atoms with E-state index in [0.717, 1.165) is 23.6 Å². The van der Waals surface area contributed by atoms with Gasteiger partial charge in [-0.15, -0.1) is 0 Å². The molecule has 2 rings (SSSR count). The highest BCUT2D eigenvalue weighted by Gasteiger charge is 2.22. The number of hydrogen-bond acceptors (Lipinski definition) is 3. The van der Waals surface area contributed by atoms with E-state index in [4.69, 9.17) is 0 Å². The summed E-state index contributed by atoms with van der Waals surface area (Å²) in [6.07, 6.45) is 0. The number of rotatable bonds is 5. The van der Waals surface area contributed by atoms with Gasteiger partial charge in [0, 0.05) is 42.7 Å². The van der Waals surface area contributed by atoms with E-state index >= 15 is 0 Å². The van der Waals surface area contributed by atoms with Crippen LogP contribution in [0, 0.1) is 0 Å². The summed E-state index contributed by atoms with van der Waals surface area (Å²) in [5, 5.41) is 5.03. The van der Waals surface area contributed by atoms with Crippen LogP contribution in [0.4, 0.5) is 0 Å². The van der Waals surface area contributed by atoms with Crippen molar-refractivity contribution in [1.82, 2.24) is 10.2 Å².